The third kappa shape index (κ3) is 3.70. The zero-order valence-corrected chi connectivity index (χ0v) is 11.8. The summed E-state index contributed by atoms with van der Waals surface area (Å²) >= 11 is 0. The number of carbonyl (C=O) groups is 2. The first-order valence-corrected chi connectivity index (χ1v) is 6.20. The molecular formula is C12H20N4O4. The lowest BCUT2D eigenvalue weighted by atomic mass is 10.1. The second-order valence-corrected chi connectivity index (χ2v) is 4.47. The summed E-state index contributed by atoms with van der Waals surface area (Å²) in [7, 11) is 3.18. The molecule has 1 heterocycles. The van der Waals surface area contributed by atoms with Crippen molar-refractivity contribution >= 4 is 17.7 Å². The molecule has 1 amide bonds. The van der Waals surface area contributed by atoms with Gasteiger partial charge < -0.3 is 20.9 Å². The van der Waals surface area contributed by atoms with E-state index in [-0.39, 0.29) is 5.56 Å². The van der Waals surface area contributed by atoms with Crippen LogP contribution in [0.4, 0.5) is 5.82 Å². The van der Waals surface area contributed by atoms with Gasteiger partial charge in [-0.1, -0.05) is 0 Å². The number of carboxylic acids is 1. The van der Waals surface area contributed by atoms with Crippen molar-refractivity contribution in [2.45, 2.75) is 25.8 Å². The molecule has 1 atom stereocenters. The number of hydrogen-bond donors (Lipinski definition) is 3. The predicted molar refractivity (Wildman–Crippen MR) is 72.6 cm³/mol. The van der Waals surface area contributed by atoms with E-state index in [0.717, 1.165) is 0 Å². The van der Waals surface area contributed by atoms with Crippen LogP contribution in [-0.4, -0.2) is 46.5 Å². The Balaban J connectivity index is 2.93. The number of nitrogens with zero attached hydrogens (tertiary/aromatic N) is 2. The number of primary amides is 1. The van der Waals surface area contributed by atoms with Crippen LogP contribution in [0, 0.1) is 6.92 Å². The summed E-state index contributed by atoms with van der Waals surface area (Å²) in [4.78, 5) is 22.7. The lowest BCUT2D eigenvalue weighted by molar-refractivity contribution is -0.138. The highest BCUT2D eigenvalue weighted by atomic mass is 16.5. The first kappa shape index (κ1) is 16.0. The van der Waals surface area contributed by atoms with E-state index in [9.17, 15) is 14.7 Å². The molecule has 0 fully saturated rings. The standard InChI is InChI=1S/C12H20N4O4/c1-7-9(10(13)17)11(16(2)15-7)14-8(12(18)19)5-4-6-20-3/h8,14H,4-6H2,1-3H3,(H2,13,17)(H,18,19). The van der Waals surface area contributed by atoms with Crippen molar-refractivity contribution < 1.29 is 19.4 Å². The fourth-order valence-electron chi connectivity index (χ4n) is 1.97. The van der Waals surface area contributed by atoms with Gasteiger partial charge in [-0.25, -0.2) is 4.79 Å². The number of aryl methyl sites for hydroxylation is 2. The maximum Gasteiger partial charge on any atom is 0.326 e. The Morgan fingerprint density at radius 3 is 2.70 bits per heavy atom. The number of nitrogens with one attached hydrogen (secondary N) is 1. The first-order valence-electron chi connectivity index (χ1n) is 6.20. The van der Waals surface area contributed by atoms with E-state index >= 15 is 0 Å². The van der Waals surface area contributed by atoms with Gasteiger partial charge in [-0.2, -0.15) is 5.10 Å². The maximum absolute atomic E-state index is 11.4. The molecule has 4 N–H and O–H groups in total. The van der Waals surface area contributed by atoms with Crippen LogP contribution in [0.2, 0.25) is 0 Å². The van der Waals surface area contributed by atoms with Crippen LogP contribution in [0.15, 0.2) is 0 Å². The Bertz CT molecular complexity index is 498. The zero-order valence-electron chi connectivity index (χ0n) is 11.8. The molecule has 8 nitrogen and oxygen atoms in total. The van der Waals surface area contributed by atoms with Gasteiger partial charge in [0.1, 0.15) is 17.4 Å². The molecule has 1 aromatic rings. The average molecular weight is 284 g/mol. The van der Waals surface area contributed by atoms with Crippen LogP contribution in [0.25, 0.3) is 0 Å². The lowest BCUT2D eigenvalue weighted by Crippen LogP contribution is -2.31. The van der Waals surface area contributed by atoms with E-state index in [0.29, 0.717) is 31.0 Å². The van der Waals surface area contributed by atoms with Crippen LogP contribution in [0.3, 0.4) is 0 Å². The molecule has 0 spiro atoms. The van der Waals surface area contributed by atoms with Crippen molar-refractivity contribution in [2.24, 2.45) is 12.8 Å². The highest BCUT2D eigenvalue weighted by molar-refractivity contribution is 5.99. The molecular weight excluding hydrogens is 264 g/mol. The topological polar surface area (TPSA) is 119 Å². The fraction of sp³-hybridized carbons (Fsp3) is 0.583. The number of ether oxygens (including phenoxy) is 1. The van der Waals surface area contributed by atoms with Crippen LogP contribution < -0.4 is 11.1 Å². The quantitative estimate of drug-likeness (QED) is 0.583. The van der Waals surface area contributed by atoms with E-state index in [2.05, 4.69) is 10.4 Å². The summed E-state index contributed by atoms with van der Waals surface area (Å²) in [5.74, 6) is -1.32. The number of rotatable bonds is 8. The van der Waals surface area contributed by atoms with E-state index in [1.807, 2.05) is 0 Å². The van der Waals surface area contributed by atoms with Gasteiger partial charge in [0.15, 0.2) is 0 Å². The normalized spacial score (nSPS) is 12.2. The first-order chi connectivity index (χ1) is 9.38. The van der Waals surface area contributed by atoms with Gasteiger partial charge in [0.25, 0.3) is 5.91 Å². The molecule has 0 saturated heterocycles. The number of nitrogens with two attached hydrogens (primary N) is 1. The van der Waals surface area contributed by atoms with Crippen molar-refractivity contribution in [3.05, 3.63) is 11.3 Å². The zero-order chi connectivity index (χ0) is 15.3. The summed E-state index contributed by atoms with van der Waals surface area (Å²) in [5, 5.41) is 16.1. The van der Waals surface area contributed by atoms with Gasteiger partial charge in [-0.05, 0) is 19.8 Å². The Hall–Kier alpha value is -2.09. The Morgan fingerprint density at radius 2 is 2.20 bits per heavy atom. The smallest absolute Gasteiger partial charge is 0.326 e. The third-order valence-electron chi connectivity index (χ3n) is 2.92. The van der Waals surface area contributed by atoms with Gasteiger partial charge in [0.05, 0.1) is 5.69 Å². The van der Waals surface area contributed by atoms with Gasteiger partial charge in [-0.3, -0.25) is 9.48 Å². The maximum atomic E-state index is 11.4. The van der Waals surface area contributed by atoms with Crippen molar-refractivity contribution in [1.82, 2.24) is 9.78 Å². The fourth-order valence-corrected chi connectivity index (χ4v) is 1.97. The van der Waals surface area contributed by atoms with E-state index < -0.39 is 17.9 Å². The second-order valence-electron chi connectivity index (χ2n) is 4.47. The summed E-state index contributed by atoms with van der Waals surface area (Å²) in [5.41, 5.74) is 5.98. The third-order valence-corrected chi connectivity index (χ3v) is 2.92. The van der Waals surface area contributed by atoms with Gasteiger partial charge in [-0.15, -0.1) is 0 Å². The second kappa shape index (κ2) is 6.90. The minimum atomic E-state index is -1.00. The molecule has 0 aliphatic carbocycles. The van der Waals surface area contributed by atoms with Crippen molar-refractivity contribution in [2.75, 3.05) is 19.0 Å². The minimum Gasteiger partial charge on any atom is -0.480 e. The minimum absolute atomic E-state index is 0.213. The largest absolute Gasteiger partial charge is 0.480 e. The van der Waals surface area contributed by atoms with E-state index in [1.165, 1.54) is 4.68 Å². The number of methoxy groups -OCH3 is 1. The monoisotopic (exact) mass is 284 g/mol. The predicted octanol–water partition coefficient (Wildman–Crippen LogP) is 0.119. The SMILES string of the molecule is COCCCC(Nc1c(C(N)=O)c(C)nn1C)C(=O)O. The molecule has 20 heavy (non-hydrogen) atoms. The van der Waals surface area contributed by atoms with E-state index in [1.54, 1.807) is 21.1 Å². The molecule has 1 rings (SSSR count). The number of amides is 1. The molecule has 1 unspecified atom stereocenters. The van der Waals surface area contributed by atoms with Crippen molar-refractivity contribution in [3.63, 3.8) is 0 Å². The van der Waals surface area contributed by atoms with Crippen molar-refractivity contribution in [1.29, 1.82) is 0 Å². The molecule has 0 aliphatic heterocycles. The van der Waals surface area contributed by atoms with Crippen LogP contribution in [0.5, 0.6) is 0 Å². The van der Waals surface area contributed by atoms with Crippen LogP contribution in [-0.2, 0) is 16.6 Å². The van der Waals surface area contributed by atoms with Gasteiger partial charge in [0.2, 0.25) is 0 Å². The van der Waals surface area contributed by atoms with Gasteiger partial charge >= 0.3 is 5.97 Å². The molecule has 8 heteroatoms. The molecule has 0 bridgehead atoms. The summed E-state index contributed by atoms with van der Waals surface area (Å²) in [6, 6.07) is -0.835. The highest BCUT2D eigenvalue weighted by Crippen LogP contribution is 2.20. The number of aromatic nitrogens is 2. The molecule has 0 aromatic carbocycles. The van der Waals surface area contributed by atoms with Crippen LogP contribution in [0.1, 0.15) is 28.9 Å². The van der Waals surface area contributed by atoms with E-state index in [4.69, 9.17) is 10.5 Å². The highest BCUT2D eigenvalue weighted by Gasteiger charge is 2.24. The molecule has 0 saturated carbocycles. The summed E-state index contributed by atoms with van der Waals surface area (Å²) in [6.07, 6.45) is 0.953. The molecule has 112 valence electrons. The number of aliphatic carboxylic acids is 1. The number of hydrogen-bond acceptors (Lipinski definition) is 5. The van der Waals surface area contributed by atoms with Gasteiger partial charge in [0, 0.05) is 20.8 Å². The summed E-state index contributed by atoms with van der Waals surface area (Å²) in [6.45, 7) is 2.12. The Morgan fingerprint density at radius 1 is 1.55 bits per heavy atom. The summed E-state index contributed by atoms with van der Waals surface area (Å²) < 4.78 is 6.32. The Labute approximate surface area is 116 Å². The van der Waals surface area contributed by atoms with Crippen LogP contribution >= 0.6 is 0 Å². The average Bonchev–Trinajstić information content (AvgIpc) is 2.62. The number of carbonyl (C=O) groups excluding carboxylic acids is 1. The molecule has 0 aliphatic rings. The molecule has 0 radical (unpaired) electrons. The van der Waals surface area contributed by atoms with Crippen molar-refractivity contribution in [3.8, 4) is 0 Å². The lowest BCUT2D eigenvalue weighted by Gasteiger charge is -2.16. The number of anilines is 1. The number of carboxylic acid groups (broad SMARTS) is 1. The molecule has 1 aromatic heterocycles. The Kier molecular flexibility index (Phi) is 5.51.